The first-order valence-electron chi connectivity index (χ1n) is 7.25. The van der Waals surface area contributed by atoms with E-state index >= 15 is 0 Å². The normalized spacial score (nSPS) is 21.1. The predicted octanol–water partition coefficient (Wildman–Crippen LogP) is 3.45. The summed E-state index contributed by atoms with van der Waals surface area (Å²) in [5.74, 6) is 1.51. The van der Waals surface area contributed by atoms with Crippen LogP contribution in [0.5, 0.6) is 11.5 Å². The minimum atomic E-state index is 0. The second-order valence-electron chi connectivity index (χ2n) is 6.39. The number of rotatable bonds is 4. The Hall–Kier alpha value is -0.490. The van der Waals surface area contributed by atoms with Crippen LogP contribution in [0.3, 0.4) is 0 Å². The smallest absolute Gasteiger partial charge is 0.161 e. The molecule has 0 spiro atoms. The fraction of sp³-hybridized carbons (Fsp3) is 0.625. The molecule has 0 amide bonds. The van der Waals surface area contributed by atoms with E-state index in [1.807, 2.05) is 12.1 Å². The van der Waals surface area contributed by atoms with Crippen LogP contribution in [0.25, 0.3) is 0 Å². The maximum absolute atomic E-state index is 6.21. The standard InChI is InChI=1S/C16H25BrN2O2.ClH/c1-16(2)10-19(6-5-15(16)18)9-11-7-13(20-3)14(21-4)8-12(11)17;/h7-8,15H,5-6,9-10,18H2,1-4H3;1H. The number of nitrogens with two attached hydrogens (primary N) is 1. The van der Waals surface area contributed by atoms with Crippen LogP contribution < -0.4 is 15.2 Å². The van der Waals surface area contributed by atoms with Crippen LogP contribution in [0.4, 0.5) is 0 Å². The molecule has 1 atom stereocenters. The Balaban J connectivity index is 0.00000242. The molecule has 126 valence electrons. The summed E-state index contributed by atoms with van der Waals surface area (Å²) in [5.41, 5.74) is 7.57. The first-order chi connectivity index (χ1) is 9.87. The van der Waals surface area contributed by atoms with Gasteiger partial charge in [0.1, 0.15) is 0 Å². The molecule has 0 aliphatic carbocycles. The van der Waals surface area contributed by atoms with Crippen LogP contribution in [0.1, 0.15) is 25.8 Å². The molecule has 1 fully saturated rings. The quantitative estimate of drug-likeness (QED) is 0.851. The van der Waals surface area contributed by atoms with Crippen LogP contribution in [0.2, 0.25) is 0 Å². The number of piperidine rings is 1. The van der Waals surface area contributed by atoms with Gasteiger partial charge in [-0.1, -0.05) is 29.8 Å². The van der Waals surface area contributed by atoms with Gasteiger partial charge in [-0.25, -0.2) is 0 Å². The van der Waals surface area contributed by atoms with Gasteiger partial charge < -0.3 is 15.2 Å². The summed E-state index contributed by atoms with van der Waals surface area (Å²) in [5, 5.41) is 0. The molecule has 2 rings (SSSR count). The van der Waals surface area contributed by atoms with Crippen molar-refractivity contribution in [1.29, 1.82) is 0 Å². The molecule has 1 unspecified atom stereocenters. The van der Waals surface area contributed by atoms with Crippen molar-refractivity contribution in [3.05, 3.63) is 22.2 Å². The van der Waals surface area contributed by atoms with Crippen molar-refractivity contribution in [1.82, 2.24) is 4.90 Å². The highest BCUT2D eigenvalue weighted by molar-refractivity contribution is 9.10. The van der Waals surface area contributed by atoms with Gasteiger partial charge in [0.25, 0.3) is 0 Å². The van der Waals surface area contributed by atoms with Gasteiger partial charge in [0.05, 0.1) is 14.2 Å². The summed E-state index contributed by atoms with van der Waals surface area (Å²) < 4.78 is 11.8. The van der Waals surface area contributed by atoms with Crippen molar-refractivity contribution < 1.29 is 9.47 Å². The summed E-state index contributed by atoms with van der Waals surface area (Å²) in [6.45, 7) is 7.42. The lowest BCUT2D eigenvalue weighted by atomic mass is 9.79. The number of benzene rings is 1. The second-order valence-corrected chi connectivity index (χ2v) is 7.25. The first-order valence-corrected chi connectivity index (χ1v) is 8.05. The summed E-state index contributed by atoms with van der Waals surface area (Å²) in [4.78, 5) is 2.45. The summed E-state index contributed by atoms with van der Waals surface area (Å²) >= 11 is 3.63. The largest absolute Gasteiger partial charge is 0.493 e. The zero-order chi connectivity index (χ0) is 15.6. The lowest BCUT2D eigenvalue weighted by molar-refractivity contribution is 0.0896. The van der Waals surface area contributed by atoms with Crippen molar-refractivity contribution in [3.8, 4) is 11.5 Å². The maximum atomic E-state index is 6.21. The van der Waals surface area contributed by atoms with Gasteiger partial charge >= 0.3 is 0 Å². The monoisotopic (exact) mass is 392 g/mol. The van der Waals surface area contributed by atoms with E-state index in [1.165, 1.54) is 5.56 Å². The van der Waals surface area contributed by atoms with Crippen LogP contribution in [-0.4, -0.2) is 38.3 Å². The van der Waals surface area contributed by atoms with Crippen LogP contribution in [0, 0.1) is 5.41 Å². The third-order valence-electron chi connectivity index (χ3n) is 4.34. The zero-order valence-corrected chi connectivity index (χ0v) is 16.1. The molecule has 1 saturated heterocycles. The van der Waals surface area contributed by atoms with Crippen molar-refractivity contribution in [2.45, 2.75) is 32.9 Å². The molecular weight excluding hydrogens is 368 g/mol. The van der Waals surface area contributed by atoms with Crippen LogP contribution in [-0.2, 0) is 6.54 Å². The topological polar surface area (TPSA) is 47.7 Å². The molecule has 0 aromatic heterocycles. The highest BCUT2D eigenvalue weighted by Crippen LogP contribution is 2.35. The molecule has 0 radical (unpaired) electrons. The molecule has 1 aromatic carbocycles. The first kappa shape index (κ1) is 19.6. The summed E-state index contributed by atoms with van der Waals surface area (Å²) in [6.07, 6.45) is 1.04. The number of nitrogens with zero attached hydrogens (tertiary/aromatic N) is 1. The number of hydrogen-bond acceptors (Lipinski definition) is 4. The SMILES string of the molecule is COc1cc(Br)c(CN2CCC(N)C(C)(C)C2)cc1OC.Cl. The molecular formula is C16H26BrClN2O2. The van der Waals surface area contributed by atoms with Gasteiger partial charge in [0.2, 0.25) is 0 Å². The molecule has 6 heteroatoms. The Labute approximate surface area is 147 Å². The molecule has 4 nitrogen and oxygen atoms in total. The van der Waals surface area contributed by atoms with E-state index in [1.54, 1.807) is 14.2 Å². The van der Waals surface area contributed by atoms with Gasteiger partial charge in [-0.3, -0.25) is 4.90 Å². The highest BCUT2D eigenvalue weighted by atomic mass is 79.9. The summed E-state index contributed by atoms with van der Waals surface area (Å²) in [7, 11) is 3.32. The second kappa shape index (κ2) is 7.86. The number of halogens is 2. The fourth-order valence-electron chi connectivity index (χ4n) is 2.88. The van der Waals surface area contributed by atoms with Crippen molar-refractivity contribution >= 4 is 28.3 Å². The third kappa shape index (κ3) is 4.28. The number of hydrogen-bond donors (Lipinski definition) is 1. The lowest BCUT2D eigenvalue weighted by Crippen LogP contribution is -2.52. The minimum absolute atomic E-state index is 0. The molecule has 0 bridgehead atoms. The van der Waals surface area contributed by atoms with Gasteiger partial charge in [-0.2, -0.15) is 0 Å². The Morgan fingerprint density at radius 3 is 2.41 bits per heavy atom. The Morgan fingerprint density at radius 2 is 1.86 bits per heavy atom. The highest BCUT2D eigenvalue weighted by Gasteiger charge is 2.33. The van der Waals surface area contributed by atoms with Gasteiger partial charge in [-0.15, -0.1) is 12.4 Å². The average Bonchev–Trinajstić information content (AvgIpc) is 2.44. The van der Waals surface area contributed by atoms with Gasteiger partial charge in [0.15, 0.2) is 11.5 Å². The van der Waals surface area contributed by atoms with E-state index in [9.17, 15) is 0 Å². The molecule has 1 aliphatic rings. The Kier molecular flexibility index (Phi) is 6.99. The number of ether oxygens (including phenoxy) is 2. The van der Waals surface area contributed by atoms with E-state index in [4.69, 9.17) is 15.2 Å². The van der Waals surface area contributed by atoms with Crippen molar-refractivity contribution in [2.24, 2.45) is 11.1 Å². The number of likely N-dealkylation sites (tertiary alicyclic amines) is 1. The molecule has 1 aromatic rings. The molecule has 1 aliphatic heterocycles. The van der Waals surface area contributed by atoms with E-state index in [2.05, 4.69) is 34.7 Å². The third-order valence-corrected chi connectivity index (χ3v) is 5.08. The molecule has 0 saturated carbocycles. The van der Waals surface area contributed by atoms with Crippen LogP contribution in [0.15, 0.2) is 16.6 Å². The summed E-state index contributed by atoms with van der Waals surface area (Å²) in [6, 6.07) is 4.29. The predicted molar refractivity (Wildman–Crippen MR) is 96.1 cm³/mol. The minimum Gasteiger partial charge on any atom is -0.493 e. The van der Waals surface area contributed by atoms with Crippen LogP contribution >= 0.6 is 28.3 Å². The Bertz CT molecular complexity index is 511. The maximum Gasteiger partial charge on any atom is 0.161 e. The average molecular weight is 394 g/mol. The fourth-order valence-corrected chi connectivity index (χ4v) is 3.33. The number of methoxy groups -OCH3 is 2. The van der Waals surface area contributed by atoms with E-state index < -0.39 is 0 Å². The lowest BCUT2D eigenvalue weighted by Gasteiger charge is -2.42. The van der Waals surface area contributed by atoms with Gasteiger partial charge in [0, 0.05) is 30.1 Å². The molecule has 1 heterocycles. The van der Waals surface area contributed by atoms with Crippen molar-refractivity contribution in [3.63, 3.8) is 0 Å². The van der Waals surface area contributed by atoms with E-state index in [-0.39, 0.29) is 23.9 Å². The molecule has 2 N–H and O–H groups in total. The zero-order valence-electron chi connectivity index (χ0n) is 13.7. The van der Waals surface area contributed by atoms with E-state index in [0.717, 1.165) is 42.0 Å². The Morgan fingerprint density at radius 1 is 1.27 bits per heavy atom. The molecule has 22 heavy (non-hydrogen) atoms. The van der Waals surface area contributed by atoms with E-state index in [0.29, 0.717) is 0 Å². The van der Waals surface area contributed by atoms with Crippen molar-refractivity contribution in [2.75, 3.05) is 27.3 Å². The van der Waals surface area contributed by atoms with Gasteiger partial charge in [-0.05, 0) is 29.5 Å².